The second-order valence-corrected chi connectivity index (χ2v) is 5.70. The Balaban J connectivity index is 1.82. The molecule has 1 N–H and O–H groups in total. The first-order chi connectivity index (χ1) is 10.4. The van der Waals surface area contributed by atoms with Crippen LogP contribution in [-0.4, -0.2) is 32.1 Å². The van der Waals surface area contributed by atoms with E-state index >= 15 is 0 Å². The number of alkyl halides is 2. The van der Waals surface area contributed by atoms with E-state index in [-0.39, 0.29) is 18.9 Å². The topological polar surface area (TPSA) is 76.7 Å². The molecule has 1 aliphatic rings. The van der Waals surface area contributed by atoms with Crippen molar-refractivity contribution in [3.05, 3.63) is 17.6 Å². The Labute approximate surface area is 124 Å². The highest BCUT2D eigenvalue weighted by Crippen LogP contribution is 2.40. The summed E-state index contributed by atoms with van der Waals surface area (Å²) in [7, 11) is 0. The van der Waals surface area contributed by atoms with Crippen molar-refractivity contribution in [1.29, 1.82) is 0 Å². The third-order valence-corrected chi connectivity index (χ3v) is 4.09. The Kier molecular flexibility index (Phi) is 2.60. The maximum atomic E-state index is 13.0. The van der Waals surface area contributed by atoms with E-state index in [9.17, 15) is 8.78 Å². The maximum absolute atomic E-state index is 13.0. The number of aryl methyl sites for hydroxylation is 2. The summed E-state index contributed by atoms with van der Waals surface area (Å²) < 4.78 is 31.6. The molecule has 0 radical (unpaired) electrons. The molecule has 3 aromatic rings. The highest BCUT2D eigenvalue weighted by atomic mass is 19.3. The third-order valence-electron chi connectivity index (χ3n) is 4.09. The fourth-order valence-electron chi connectivity index (χ4n) is 2.74. The molecular weight excluding hydrogens is 292 g/mol. The summed E-state index contributed by atoms with van der Waals surface area (Å²) in [6.07, 6.45) is 0.999. The van der Waals surface area contributed by atoms with Gasteiger partial charge in [0.1, 0.15) is 11.8 Å². The van der Waals surface area contributed by atoms with Crippen molar-refractivity contribution in [3.63, 3.8) is 0 Å². The smallest absolute Gasteiger partial charge is 0.252 e. The van der Waals surface area contributed by atoms with Gasteiger partial charge in [-0.2, -0.15) is 5.10 Å². The zero-order valence-corrected chi connectivity index (χ0v) is 12.0. The first kappa shape index (κ1) is 13.3. The Bertz CT molecular complexity index is 884. The number of anilines is 1. The van der Waals surface area contributed by atoms with Crippen molar-refractivity contribution in [2.24, 2.45) is 0 Å². The predicted octanol–water partition coefficient (Wildman–Crippen LogP) is 2.99. The van der Waals surface area contributed by atoms with E-state index < -0.39 is 5.92 Å². The van der Waals surface area contributed by atoms with Crippen LogP contribution in [-0.2, 0) is 0 Å². The molecule has 0 aliphatic heterocycles. The summed E-state index contributed by atoms with van der Waals surface area (Å²) in [6, 6.07) is -0.310. The quantitative estimate of drug-likeness (QED) is 0.784. The Hall–Kier alpha value is -2.38. The summed E-state index contributed by atoms with van der Waals surface area (Å²) in [6.45, 7) is 3.78. The first-order valence-electron chi connectivity index (χ1n) is 6.96. The van der Waals surface area contributed by atoms with Crippen LogP contribution >= 0.6 is 0 Å². The van der Waals surface area contributed by atoms with E-state index in [1.807, 2.05) is 13.8 Å². The molecule has 1 aliphatic carbocycles. The van der Waals surface area contributed by atoms with Crippen LogP contribution in [0.5, 0.6) is 0 Å². The van der Waals surface area contributed by atoms with Gasteiger partial charge in [-0.25, -0.2) is 18.7 Å². The Morgan fingerprint density at radius 1 is 1.23 bits per heavy atom. The van der Waals surface area contributed by atoms with Crippen LogP contribution in [0.25, 0.3) is 22.2 Å². The minimum Gasteiger partial charge on any atom is -0.431 e. The van der Waals surface area contributed by atoms with Gasteiger partial charge in [0.2, 0.25) is 5.71 Å². The van der Waals surface area contributed by atoms with E-state index in [2.05, 4.69) is 25.5 Å². The average molecular weight is 305 g/mol. The number of nitrogens with one attached hydrogen (secondary N) is 1. The lowest BCUT2D eigenvalue weighted by molar-refractivity contribution is -0.0794. The number of fused-ring (bicyclic) bond motifs is 3. The van der Waals surface area contributed by atoms with Crippen molar-refractivity contribution in [3.8, 4) is 0 Å². The molecule has 114 valence electrons. The van der Waals surface area contributed by atoms with Gasteiger partial charge in [0.05, 0.1) is 11.1 Å². The van der Waals surface area contributed by atoms with Crippen LogP contribution in [0.4, 0.5) is 14.6 Å². The monoisotopic (exact) mass is 305 g/mol. The Morgan fingerprint density at radius 3 is 2.73 bits per heavy atom. The van der Waals surface area contributed by atoms with Crippen LogP contribution in [0.1, 0.15) is 24.1 Å². The van der Waals surface area contributed by atoms with E-state index in [0.717, 1.165) is 16.6 Å². The molecule has 0 amide bonds. The molecule has 0 atom stereocenters. The Morgan fingerprint density at radius 2 is 2.00 bits per heavy atom. The van der Waals surface area contributed by atoms with Crippen LogP contribution < -0.4 is 5.32 Å². The van der Waals surface area contributed by atoms with Crippen LogP contribution in [0.3, 0.4) is 0 Å². The van der Waals surface area contributed by atoms with Gasteiger partial charge in [-0.15, -0.1) is 5.10 Å². The summed E-state index contributed by atoms with van der Waals surface area (Å²) in [5.41, 5.74) is 3.15. The molecule has 8 heteroatoms. The van der Waals surface area contributed by atoms with Crippen molar-refractivity contribution in [2.75, 3.05) is 5.32 Å². The van der Waals surface area contributed by atoms with Crippen molar-refractivity contribution in [1.82, 2.24) is 20.2 Å². The normalized spacial score (nSPS) is 17.8. The minimum absolute atomic E-state index is 0.198. The molecule has 22 heavy (non-hydrogen) atoms. The molecule has 0 bridgehead atoms. The number of hydrogen-bond donors (Lipinski definition) is 1. The molecule has 3 aromatic heterocycles. The zero-order chi connectivity index (χ0) is 15.5. The fraction of sp³-hybridized carbons (Fsp3) is 0.429. The number of halogens is 2. The first-order valence-corrected chi connectivity index (χ1v) is 6.96. The molecule has 4 rings (SSSR count). The molecule has 3 heterocycles. The summed E-state index contributed by atoms with van der Waals surface area (Å²) in [4.78, 5) is 8.37. The van der Waals surface area contributed by atoms with Crippen LogP contribution in [0.15, 0.2) is 10.7 Å². The van der Waals surface area contributed by atoms with Gasteiger partial charge >= 0.3 is 0 Å². The molecular formula is C14H13F2N5O. The van der Waals surface area contributed by atoms with E-state index in [0.29, 0.717) is 22.6 Å². The number of furan rings is 1. The molecule has 6 nitrogen and oxygen atoms in total. The number of nitrogens with zero attached hydrogens (tertiary/aromatic N) is 4. The number of aromatic nitrogens is 4. The molecule has 0 aromatic carbocycles. The van der Waals surface area contributed by atoms with Gasteiger partial charge in [-0.1, -0.05) is 0 Å². The zero-order valence-electron chi connectivity index (χ0n) is 12.0. The molecule has 0 saturated heterocycles. The highest BCUT2D eigenvalue weighted by molar-refractivity contribution is 6.05. The molecule has 1 fully saturated rings. The highest BCUT2D eigenvalue weighted by Gasteiger charge is 2.45. The largest absolute Gasteiger partial charge is 0.431 e. The number of rotatable bonds is 2. The van der Waals surface area contributed by atoms with Gasteiger partial charge in [0, 0.05) is 18.9 Å². The summed E-state index contributed by atoms with van der Waals surface area (Å²) in [5.74, 6) is -2.17. The maximum Gasteiger partial charge on any atom is 0.252 e. The van der Waals surface area contributed by atoms with Crippen LogP contribution in [0, 0.1) is 13.8 Å². The second kappa shape index (κ2) is 4.31. The standard InChI is InChI=1S/C14H13F2N5O/c1-6-7(2)20-21-13-9(6)10-11(22-13)12(18-5-17-10)19-8-3-14(15,16)4-8/h5,8H,3-4H2,1-2H3,(H,17,18,19). The molecule has 0 unspecified atom stereocenters. The molecule has 1 saturated carbocycles. The van der Waals surface area contributed by atoms with E-state index in [1.54, 1.807) is 0 Å². The van der Waals surface area contributed by atoms with Crippen molar-refractivity contribution < 1.29 is 13.2 Å². The lowest BCUT2D eigenvalue weighted by atomic mass is 9.88. The lowest BCUT2D eigenvalue weighted by Crippen LogP contribution is -2.44. The van der Waals surface area contributed by atoms with E-state index in [1.165, 1.54) is 6.33 Å². The fourth-order valence-corrected chi connectivity index (χ4v) is 2.74. The number of hydrogen-bond acceptors (Lipinski definition) is 6. The van der Waals surface area contributed by atoms with Gasteiger partial charge in [0.15, 0.2) is 11.4 Å². The van der Waals surface area contributed by atoms with Gasteiger partial charge in [-0.05, 0) is 19.4 Å². The van der Waals surface area contributed by atoms with Gasteiger partial charge < -0.3 is 9.73 Å². The van der Waals surface area contributed by atoms with Gasteiger partial charge in [0.25, 0.3) is 5.92 Å². The summed E-state index contributed by atoms with van der Waals surface area (Å²) >= 11 is 0. The van der Waals surface area contributed by atoms with Crippen molar-refractivity contribution >= 4 is 28.0 Å². The lowest BCUT2D eigenvalue weighted by Gasteiger charge is -2.35. The second-order valence-electron chi connectivity index (χ2n) is 5.70. The van der Waals surface area contributed by atoms with E-state index in [4.69, 9.17) is 4.42 Å². The SMILES string of the molecule is Cc1nnc2oc3c(NC4CC(F)(F)C4)ncnc3c2c1C. The van der Waals surface area contributed by atoms with Gasteiger partial charge in [-0.3, -0.25) is 0 Å². The average Bonchev–Trinajstić information content (AvgIpc) is 2.81. The molecule has 0 spiro atoms. The van der Waals surface area contributed by atoms with Crippen LogP contribution in [0.2, 0.25) is 0 Å². The summed E-state index contributed by atoms with van der Waals surface area (Å²) in [5, 5.41) is 11.8. The minimum atomic E-state index is -2.59. The predicted molar refractivity (Wildman–Crippen MR) is 76.0 cm³/mol. The van der Waals surface area contributed by atoms with Crippen molar-refractivity contribution in [2.45, 2.75) is 38.7 Å². The third kappa shape index (κ3) is 1.90.